The summed E-state index contributed by atoms with van der Waals surface area (Å²) in [5.41, 5.74) is 2.16. The van der Waals surface area contributed by atoms with E-state index in [1.165, 1.54) is 0 Å². The molecule has 0 saturated carbocycles. The standard InChI is InChI=1S/C42H26N2O8/c45-37-29-15-11-25-27-13-17-31-36-32(40(48)44(39(31)47)20-22-52-42(50)24-9-5-2-6-10-24)18-14-28(34(27)36)26-12-16-30(35(29)33(25)26)38(46)43(37)19-21-51-41(49)23-7-3-1-4-8-23/h1-18H,19-22H2. The van der Waals surface area contributed by atoms with Crippen molar-refractivity contribution in [3.05, 3.63) is 143 Å². The lowest BCUT2D eigenvalue weighted by Gasteiger charge is -2.30. The van der Waals surface area contributed by atoms with Crippen molar-refractivity contribution in [3.63, 3.8) is 0 Å². The Balaban J connectivity index is 1.06. The highest BCUT2D eigenvalue weighted by molar-refractivity contribution is 6.41. The van der Waals surface area contributed by atoms with Crippen LogP contribution in [0.25, 0.3) is 43.1 Å². The van der Waals surface area contributed by atoms with E-state index in [9.17, 15) is 28.8 Å². The number of rotatable bonds is 8. The van der Waals surface area contributed by atoms with Crippen molar-refractivity contribution >= 4 is 78.7 Å². The van der Waals surface area contributed by atoms with Crippen molar-refractivity contribution in [2.24, 2.45) is 0 Å². The van der Waals surface area contributed by atoms with Gasteiger partial charge in [-0.05, 0) is 80.8 Å². The van der Waals surface area contributed by atoms with E-state index in [4.69, 9.17) is 9.47 Å². The van der Waals surface area contributed by atoms with Crippen LogP contribution in [0.5, 0.6) is 0 Å². The second-order valence-electron chi connectivity index (χ2n) is 12.7. The van der Waals surface area contributed by atoms with Crippen molar-refractivity contribution in [2.75, 3.05) is 26.3 Å². The molecule has 2 heterocycles. The number of carbonyl (C=O) groups is 6. The Labute approximate surface area is 295 Å². The highest BCUT2D eigenvalue weighted by Crippen LogP contribution is 2.46. The van der Waals surface area contributed by atoms with Crippen molar-refractivity contribution < 1.29 is 38.2 Å². The third kappa shape index (κ3) is 4.57. The lowest BCUT2D eigenvalue weighted by atomic mass is 9.82. The van der Waals surface area contributed by atoms with Crippen molar-refractivity contribution in [2.45, 2.75) is 0 Å². The molecule has 2 aliphatic rings. The number of benzene rings is 7. The van der Waals surface area contributed by atoms with Crippen LogP contribution < -0.4 is 0 Å². The zero-order valence-electron chi connectivity index (χ0n) is 27.4. The average Bonchev–Trinajstić information content (AvgIpc) is 3.18. The van der Waals surface area contributed by atoms with Gasteiger partial charge >= 0.3 is 11.9 Å². The van der Waals surface area contributed by atoms with E-state index < -0.39 is 35.6 Å². The zero-order chi connectivity index (χ0) is 35.7. The maximum absolute atomic E-state index is 13.8. The van der Waals surface area contributed by atoms with E-state index in [0.29, 0.717) is 44.2 Å². The minimum atomic E-state index is -0.546. The number of amides is 4. The van der Waals surface area contributed by atoms with E-state index in [0.717, 1.165) is 42.1 Å². The summed E-state index contributed by atoms with van der Waals surface area (Å²) in [5.74, 6) is -3.04. The van der Waals surface area contributed by atoms with Gasteiger partial charge in [0.15, 0.2) is 0 Å². The van der Waals surface area contributed by atoms with Crippen LogP contribution in [0.4, 0.5) is 0 Å². The summed E-state index contributed by atoms with van der Waals surface area (Å²) in [6.45, 7) is -0.535. The van der Waals surface area contributed by atoms with Gasteiger partial charge in [0.05, 0.1) is 24.2 Å². The van der Waals surface area contributed by atoms with Crippen LogP contribution in [0.3, 0.4) is 0 Å². The van der Waals surface area contributed by atoms with Gasteiger partial charge in [-0.15, -0.1) is 0 Å². The smallest absolute Gasteiger partial charge is 0.338 e. The lowest BCUT2D eigenvalue weighted by molar-refractivity contribution is 0.0405. The minimum absolute atomic E-state index is 0.108. The molecule has 0 fully saturated rings. The fourth-order valence-electron chi connectivity index (χ4n) is 7.55. The summed E-state index contributed by atoms with van der Waals surface area (Å²) in [5, 5.41) is 5.62. The van der Waals surface area contributed by atoms with Gasteiger partial charge in [0, 0.05) is 33.0 Å². The molecule has 7 aromatic rings. The summed E-state index contributed by atoms with van der Waals surface area (Å²) in [4.78, 5) is 82.3. The summed E-state index contributed by atoms with van der Waals surface area (Å²) in [6, 6.07) is 31.1. The third-order valence-corrected chi connectivity index (χ3v) is 9.92. The molecular formula is C42H26N2O8. The average molecular weight is 687 g/mol. The number of ether oxygens (including phenoxy) is 2. The SMILES string of the molecule is O=C(OCCN1C(=O)c2ccc3c4ccc5c6c(ccc(c7ccc(c2c37)C1=O)c64)C(=O)N(CCOC(=O)c1ccccc1)C5=O)c1ccccc1. The van der Waals surface area contributed by atoms with Crippen LogP contribution in [0.15, 0.2) is 109 Å². The van der Waals surface area contributed by atoms with E-state index in [1.807, 2.05) is 24.3 Å². The largest absolute Gasteiger partial charge is 0.460 e. The Hall–Kier alpha value is -6.94. The number of nitrogens with zero attached hydrogens (tertiary/aromatic N) is 2. The molecule has 0 atom stereocenters. The van der Waals surface area contributed by atoms with Gasteiger partial charge in [-0.2, -0.15) is 0 Å². The molecule has 0 N–H and O–H groups in total. The van der Waals surface area contributed by atoms with E-state index in [1.54, 1.807) is 84.9 Å². The second-order valence-corrected chi connectivity index (χ2v) is 12.7. The van der Waals surface area contributed by atoms with Gasteiger partial charge in [0.25, 0.3) is 23.6 Å². The highest BCUT2D eigenvalue weighted by Gasteiger charge is 2.37. The third-order valence-electron chi connectivity index (χ3n) is 9.92. The zero-order valence-corrected chi connectivity index (χ0v) is 27.4. The van der Waals surface area contributed by atoms with Crippen molar-refractivity contribution in [3.8, 4) is 0 Å². The number of imide groups is 2. The van der Waals surface area contributed by atoms with Crippen molar-refractivity contribution in [1.29, 1.82) is 0 Å². The first-order valence-corrected chi connectivity index (χ1v) is 16.7. The summed E-state index contributed by atoms with van der Waals surface area (Å²) < 4.78 is 10.7. The normalized spacial score (nSPS) is 13.9. The van der Waals surface area contributed by atoms with Gasteiger partial charge < -0.3 is 9.47 Å². The number of carbonyl (C=O) groups excluding carboxylic acids is 6. The van der Waals surface area contributed by atoms with Gasteiger partial charge in [-0.3, -0.25) is 29.0 Å². The number of fused-ring (bicyclic) bond motifs is 2. The van der Waals surface area contributed by atoms with Gasteiger partial charge in [0.1, 0.15) is 13.2 Å². The number of esters is 2. The molecular weight excluding hydrogens is 660 g/mol. The molecule has 0 radical (unpaired) electrons. The number of hydrogen-bond donors (Lipinski definition) is 0. The predicted octanol–water partition coefficient (Wildman–Crippen LogP) is 6.64. The molecule has 0 saturated heterocycles. The van der Waals surface area contributed by atoms with Gasteiger partial charge in [-0.1, -0.05) is 60.7 Å². The fourth-order valence-corrected chi connectivity index (χ4v) is 7.55. The number of hydrogen-bond acceptors (Lipinski definition) is 8. The Morgan fingerprint density at radius 3 is 1.02 bits per heavy atom. The van der Waals surface area contributed by atoms with Crippen LogP contribution in [-0.4, -0.2) is 71.7 Å². The first kappa shape index (κ1) is 31.1. The van der Waals surface area contributed by atoms with Crippen LogP contribution >= 0.6 is 0 Å². The summed E-state index contributed by atoms with van der Waals surface area (Å²) in [7, 11) is 0. The van der Waals surface area contributed by atoms with Crippen LogP contribution in [0.2, 0.25) is 0 Å². The molecule has 10 heteroatoms. The van der Waals surface area contributed by atoms with Gasteiger partial charge in [-0.25, -0.2) is 9.59 Å². The van der Waals surface area contributed by atoms with Gasteiger partial charge in [0.2, 0.25) is 0 Å². The molecule has 10 nitrogen and oxygen atoms in total. The molecule has 9 rings (SSSR count). The molecule has 0 aromatic heterocycles. The Morgan fingerprint density at radius 2 is 0.712 bits per heavy atom. The first-order chi connectivity index (χ1) is 25.3. The molecule has 0 unspecified atom stereocenters. The molecule has 7 aromatic carbocycles. The maximum Gasteiger partial charge on any atom is 0.338 e. The molecule has 0 spiro atoms. The minimum Gasteiger partial charge on any atom is -0.460 e. The van der Waals surface area contributed by atoms with Crippen LogP contribution in [-0.2, 0) is 9.47 Å². The van der Waals surface area contributed by atoms with Crippen LogP contribution in [0.1, 0.15) is 62.1 Å². The topological polar surface area (TPSA) is 127 Å². The van der Waals surface area contributed by atoms with E-state index in [2.05, 4.69) is 0 Å². The summed E-state index contributed by atoms with van der Waals surface area (Å²) >= 11 is 0. The van der Waals surface area contributed by atoms with Crippen LogP contribution in [0, 0.1) is 0 Å². The maximum atomic E-state index is 13.8. The second kappa shape index (κ2) is 11.8. The fraction of sp³-hybridized carbons (Fsp3) is 0.0952. The molecule has 0 aliphatic carbocycles. The monoisotopic (exact) mass is 686 g/mol. The summed E-state index contributed by atoms with van der Waals surface area (Å²) in [6.07, 6.45) is 0. The Kier molecular flexibility index (Phi) is 7.08. The van der Waals surface area contributed by atoms with E-state index in [-0.39, 0.29) is 26.3 Å². The molecule has 52 heavy (non-hydrogen) atoms. The Bertz CT molecular complexity index is 2400. The Morgan fingerprint density at radius 1 is 0.404 bits per heavy atom. The molecule has 252 valence electrons. The molecule has 2 aliphatic heterocycles. The first-order valence-electron chi connectivity index (χ1n) is 16.7. The quantitative estimate of drug-likeness (QED) is 0.0754. The molecule has 0 bridgehead atoms. The predicted molar refractivity (Wildman–Crippen MR) is 192 cm³/mol. The highest BCUT2D eigenvalue weighted by atomic mass is 16.5. The molecule has 4 amide bonds. The van der Waals surface area contributed by atoms with Crippen molar-refractivity contribution in [1.82, 2.24) is 9.80 Å². The lowest BCUT2D eigenvalue weighted by Crippen LogP contribution is -2.42. The van der Waals surface area contributed by atoms with E-state index >= 15 is 0 Å².